The van der Waals surface area contributed by atoms with E-state index in [1.807, 2.05) is 0 Å². The van der Waals surface area contributed by atoms with E-state index >= 15 is 0 Å². The Bertz CT molecular complexity index is 356. The van der Waals surface area contributed by atoms with Gasteiger partial charge in [-0.1, -0.05) is 0 Å². The smallest absolute Gasteiger partial charge is 0.181 e. The van der Waals surface area contributed by atoms with Gasteiger partial charge in [0.15, 0.2) is 5.65 Å². The van der Waals surface area contributed by atoms with Crippen molar-refractivity contribution in [3.63, 3.8) is 0 Å². The van der Waals surface area contributed by atoms with Crippen molar-refractivity contribution in [2.75, 3.05) is 5.84 Å². The molecule has 5 nitrogen and oxygen atoms in total. The van der Waals surface area contributed by atoms with Crippen LogP contribution in [-0.4, -0.2) is 19.6 Å². The molecule has 0 aromatic carbocycles. The summed E-state index contributed by atoms with van der Waals surface area (Å²) in [7, 11) is 0. The summed E-state index contributed by atoms with van der Waals surface area (Å²) >= 11 is 0. The maximum absolute atomic E-state index is 5.44. The first kappa shape index (κ1) is 7.74. The molecule has 0 amide bonds. The van der Waals surface area contributed by atoms with Gasteiger partial charge in [0, 0.05) is 0 Å². The summed E-state index contributed by atoms with van der Waals surface area (Å²) in [4.78, 5) is 11.6. The Morgan fingerprint density at radius 2 is 2.18 bits per heavy atom. The zero-order valence-corrected chi connectivity index (χ0v) is 6.32. The standard InChI is InChI=1S/C5H5N5.ClH/c6-10-3-9-4-1-7-2-8-5(4)10;/h1-3H,6H2;1H. The average molecular weight is 172 g/mol. The number of rotatable bonds is 0. The lowest BCUT2D eigenvalue weighted by Crippen LogP contribution is -2.06. The van der Waals surface area contributed by atoms with Crippen LogP contribution in [-0.2, 0) is 0 Å². The second-order valence-electron chi connectivity index (χ2n) is 1.88. The topological polar surface area (TPSA) is 69.6 Å². The maximum atomic E-state index is 5.44. The fourth-order valence-corrected chi connectivity index (χ4v) is 0.785. The third-order valence-corrected chi connectivity index (χ3v) is 1.24. The third kappa shape index (κ3) is 1.10. The number of halogens is 1. The van der Waals surface area contributed by atoms with Gasteiger partial charge in [-0.2, -0.15) is 0 Å². The van der Waals surface area contributed by atoms with Crippen molar-refractivity contribution in [1.82, 2.24) is 19.6 Å². The van der Waals surface area contributed by atoms with E-state index in [4.69, 9.17) is 5.84 Å². The molecule has 6 heteroatoms. The van der Waals surface area contributed by atoms with Crippen LogP contribution in [0.25, 0.3) is 11.2 Å². The first-order chi connectivity index (χ1) is 4.88. The normalized spacial score (nSPS) is 9.45. The molecule has 0 atom stereocenters. The largest absolute Gasteiger partial charge is 0.336 e. The lowest BCUT2D eigenvalue weighted by Gasteiger charge is -1.88. The van der Waals surface area contributed by atoms with Crippen LogP contribution in [0.1, 0.15) is 0 Å². The zero-order valence-electron chi connectivity index (χ0n) is 5.51. The number of fused-ring (bicyclic) bond motifs is 1. The molecule has 2 aromatic rings. The highest BCUT2D eigenvalue weighted by molar-refractivity contribution is 5.85. The van der Waals surface area contributed by atoms with Crippen molar-refractivity contribution < 1.29 is 0 Å². The predicted octanol–water partition coefficient (Wildman–Crippen LogP) is -0.0381. The summed E-state index contributed by atoms with van der Waals surface area (Å²) < 4.78 is 1.36. The number of hydrogen-bond acceptors (Lipinski definition) is 4. The molecule has 11 heavy (non-hydrogen) atoms. The van der Waals surface area contributed by atoms with Gasteiger partial charge in [0.25, 0.3) is 0 Å². The van der Waals surface area contributed by atoms with Crippen LogP contribution in [0.4, 0.5) is 0 Å². The maximum Gasteiger partial charge on any atom is 0.181 e. The van der Waals surface area contributed by atoms with Crippen LogP contribution in [0, 0.1) is 0 Å². The van der Waals surface area contributed by atoms with Crippen LogP contribution in [0.2, 0.25) is 0 Å². The van der Waals surface area contributed by atoms with E-state index in [2.05, 4.69) is 15.0 Å². The van der Waals surface area contributed by atoms with E-state index in [1.54, 1.807) is 6.20 Å². The van der Waals surface area contributed by atoms with Crippen LogP contribution < -0.4 is 5.84 Å². The van der Waals surface area contributed by atoms with Gasteiger partial charge in [0.1, 0.15) is 18.2 Å². The summed E-state index contributed by atoms with van der Waals surface area (Å²) in [6.07, 6.45) is 4.55. The van der Waals surface area contributed by atoms with Crippen LogP contribution in [0.5, 0.6) is 0 Å². The SMILES string of the molecule is Cl.Nn1cnc2cncnc21. The van der Waals surface area contributed by atoms with Gasteiger partial charge in [-0.15, -0.1) is 12.4 Å². The van der Waals surface area contributed by atoms with E-state index in [-0.39, 0.29) is 12.4 Å². The molecule has 0 unspecified atom stereocenters. The number of nitrogens with zero attached hydrogens (tertiary/aromatic N) is 4. The Balaban J connectivity index is 0.000000605. The van der Waals surface area contributed by atoms with E-state index in [1.165, 1.54) is 17.3 Å². The fraction of sp³-hybridized carbons (Fsp3) is 0. The third-order valence-electron chi connectivity index (χ3n) is 1.24. The second kappa shape index (κ2) is 2.71. The predicted molar refractivity (Wildman–Crippen MR) is 42.7 cm³/mol. The first-order valence-corrected chi connectivity index (χ1v) is 2.76. The van der Waals surface area contributed by atoms with Gasteiger partial charge in [-0.25, -0.2) is 19.6 Å². The molecular formula is C5H6ClN5. The summed E-state index contributed by atoms with van der Waals surface area (Å²) in [5.41, 5.74) is 1.36. The summed E-state index contributed by atoms with van der Waals surface area (Å²) in [5.74, 6) is 5.44. The number of nitrogens with two attached hydrogens (primary N) is 1. The van der Waals surface area contributed by atoms with Crippen molar-refractivity contribution in [2.24, 2.45) is 0 Å². The molecule has 0 spiro atoms. The Morgan fingerprint density at radius 3 is 2.91 bits per heavy atom. The number of imidazole rings is 1. The van der Waals surface area contributed by atoms with Crippen LogP contribution in [0.15, 0.2) is 18.9 Å². The van der Waals surface area contributed by atoms with Crippen LogP contribution in [0.3, 0.4) is 0 Å². The van der Waals surface area contributed by atoms with Gasteiger partial charge >= 0.3 is 0 Å². The molecule has 58 valence electrons. The van der Waals surface area contributed by atoms with E-state index < -0.39 is 0 Å². The average Bonchev–Trinajstić information content (AvgIpc) is 2.34. The number of nitrogen functional groups attached to an aromatic ring is 1. The molecule has 0 aliphatic heterocycles. The Hall–Kier alpha value is -1.36. The highest BCUT2D eigenvalue weighted by Crippen LogP contribution is 2.01. The summed E-state index contributed by atoms with van der Waals surface area (Å²) in [5, 5.41) is 0. The molecule has 0 aliphatic rings. The fourth-order valence-electron chi connectivity index (χ4n) is 0.785. The molecule has 0 bridgehead atoms. The summed E-state index contributed by atoms with van der Waals surface area (Å²) in [6, 6.07) is 0. The molecule has 0 aliphatic carbocycles. The van der Waals surface area contributed by atoms with Crippen molar-refractivity contribution >= 4 is 23.6 Å². The Morgan fingerprint density at radius 1 is 1.36 bits per heavy atom. The Kier molecular flexibility index (Phi) is 1.91. The minimum Gasteiger partial charge on any atom is -0.336 e. The lowest BCUT2D eigenvalue weighted by molar-refractivity contribution is 1.01. The first-order valence-electron chi connectivity index (χ1n) is 2.76. The molecule has 0 fully saturated rings. The second-order valence-corrected chi connectivity index (χ2v) is 1.88. The van der Waals surface area contributed by atoms with E-state index in [0.29, 0.717) is 11.2 Å². The van der Waals surface area contributed by atoms with Crippen LogP contribution >= 0.6 is 12.4 Å². The van der Waals surface area contributed by atoms with Crippen molar-refractivity contribution in [1.29, 1.82) is 0 Å². The molecule has 2 aromatic heterocycles. The molecule has 2 N–H and O–H groups in total. The van der Waals surface area contributed by atoms with E-state index in [0.717, 1.165) is 0 Å². The minimum absolute atomic E-state index is 0. The van der Waals surface area contributed by atoms with Gasteiger partial charge in [0.05, 0.1) is 6.20 Å². The lowest BCUT2D eigenvalue weighted by atomic mass is 10.6. The minimum atomic E-state index is 0. The highest BCUT2D eigenvalue weighted by Gasteiger charge is 1.97. The molecular weight excluding hydrogens is 166 g/mol. The molecule has 0 saturated heterocycles. The monoisotopic (exact) mass is 171 g/mol. The molecule has 2 rings (SSSR count). The molecule has 0 radical (unpaired) electrons. The molecule has 0 saturated carbocycles. The number of aromatic nitrogens is 4. The van der Waals surface area contributed by atoms with Crippen molar-refractivity contribution in [3.8, 4) is 0 Å². The van der Waals surface area contributed by atoms with Gasteiger partial charge < -0.3 is 5.84 Å². The van der Waals surface area contributed by atoms with E-state index in [9.17, 15) is 0 Å². The van der Waals surface area contributed by atoms with Gasteiger partial charge in [-0.3, -0.25) is 0 Å². The van der Waals surface area contributed by atoms with Crippen molar-refractivity contribution in [3.05, 3.63) is 18.9 Å². The quantitative estimate of drug-likeness (QED) is 0.565. The zero-order chi connectivity index (χ0) is 6.97. The Labute approximate surface area is 68.7 Å². The molecule has 2 heterocycles. The van der Waals surface area contributed by atoms with Crippen molar-refractivity contribution in [2.45, 2.75) is 0 Å². The summed E-state index contributed by atoms with van der Waals surface area (Å²) in [6.45, 7) is 0. The highest BCUT2D eigenvalue weighted by atomic mass is 35.5. The number of hydrogen-bond donors (Lipinski definition) is 1. The van der Waals surface area contributed by atoms with Gasteiger partial charge in [0.2, 0.25) is 0 Å². The van der Waals surface area contributed by atoms with Gasteiger partial charge in [-0.05, 0) is 0 Å².